The van der Waals surface area contributed by atoms with Crippen molar-refractivity contribution >= 4 is 29.7 Å². The minimum atomic E-state index is -2.92. The van der Waals surface area contributed by atoms with Crippen LogP contribution in [-0.4, -0.2) is 48.2 Å². The molecule has 0 aliphatic carbocycles. The van der Waals surface area contributed by atoms with E-state index >= 15 is 0 Å². The third-order valence-corrected chi connectivity index (χ3v) is 4.50. The number of aliphatic carboxylic acids is 1. The highest BCUT2D eigenvalue weighted by Gasteiger charge is 2.24. The van der Waals surface area contributed by atoms with Gasteiger partial charge in [-0.25, -0.2) is 13.6 Å². The molecule has 1 rings (SSSR count). The highest BCUT2D eigenvalue weighted by molar-refractivity contribution is 6.30. The van der Waals surface area contributed by atoms with Crippen LogP contribution in [0.25, 0.3) is 0 Å². The molecule has 0 aliphatic rings. The molecule has 0 atom stereocenters. The molecule has 0 aromatic heterocycles. The van der Waals surface area contributed by atoms with Crippen molar-refractivity contribution < 1.29 is 23.5 Å². The number of nitrogens with zero attached hydrogens (tertiary/aromatic N) is 2. The molecule has 172 valence electrons. The molecular formula is C23H26ClF2N3O3. The van der Waals surface area contributed by atoms with Gasteiger partial charge in [0.2, 0.25) is 5.91 Å². The molecule has 0 fully saturated rings. The molecule has 0 radical (unpaired) electrons. The maximum atomic E-state index is 13.8. The van der Waals surface area contributed by atoms with Crippen LogP contribution in [0.2, 0.25) is 5.02 Å². The summed E-state index contributed by atoms with van der Waals surface area (Å²) in [4.78, 5) is 23.1. The average molecular weight is 466 g/mol. The van der Waals surface area contributed by atoms with Crippen LogP contribution < -0.4 is 5.32 Å². The van der Waals surface area contributed by atoms with Gasteiger partial charge in [-0.05, 0) is 29.7 Å². The van der Waals surface area contributed by atoms with Crippen LogP contribution >= 0.6 is 11.6 Å². The predicted octanol–water partition coefficient (Wildman–Crippen LogP) is 4.60. The summed E-state index contributed by atoms with van der Waals surface area (Å²) in [5.41, 5.74) is 0.824. The normalized spacial score (nSPS) is 12.9. The fourth-order valence-electron chi connectivity index (χ4n) is 2.62. The highest BCUT2D eigenvalue weighted by atomic mass is 35.5. The largest absolute Gasteiger partial charge is 0.478 e. The summed E-state index contributed by atoms with van der Waals surface area (Å²) < 4.78 is 27.6. The van der Waals surface area contributed by atoms with Crippen LogP contribution in [0.4, 0.5) is 8.78 Å². The van der Waals surface area contributed by atoms with Gasteiger partial charge in [-0.1, -0.05) is 55.5 Å². The number of hydrogen-bond acceptors (Lipinski definition) is 4. The molecule has 1 aromatic carbocycles. The van der Waals surface area contributed by atoms with E-state index in [9.17, 15) is 18.4 Å². The van der Waals surface area contributed by atoms with Crippen molar-refractivity contribution in [2.24, 2.45) is 5.10 Å². The Balaban J connectivity index is 2.96. The van der Waals surface area contributed by atoms with E-state index in [1.165, 1.54) is 31.5 Å². The topological polar surface area (TPSA) is 82.0 Å². The fourth-order valence-corrected chi connectivity index (χ4v) is 2.75. The lowest BCUT2D eigenvalue weighted by Crippen LogP contribution is -2.31. The summed E-state index contributed by atoms with van der Waals surface area (Å²) in [6.45, 7) is 5.18. The van der Waals surface area contributed by atoms with Gasteiger partial charge in [-0.3, -0.25) is 9.80 Å². The number of benzene rings is 1. The second-order valence-corrected chi connectivity index (χ2v) is 6.93. The predicted molar refractivity (Wildman–Crippen MR) is 123 cm³/mol. The maximum absolute atomic E-state index is 13.8. The Morgan fingerprint density at radius 2 is 1.97 bits per heavy atom. The molecular weight excluding hydrogens is 440 g/mol. The third kappa shape index (κ3) is 9.26. The molecule has 9 heteroatoms. The number of alkyl halides is 2. The van der Waals surface area contributed by atoms with Crippen molar-refractivity contribution in [1.29, 1.82) is 0 Å². The standard InChI is InChI=1S/C23H26ClF2N3O3/c1-4-16(7-6-8-20(30)31)15-27-23(32)19(5-2)21(22(25)26)29(3)28-14-13-17-9-11-18(24)12-10-17/h4,6-12,14,22H,1,5,13,15H2,2-3H3,(H,27,32)(H,30,31)/b8-6+,16-7+,21-19+,28-14+. The maximum Gasteiger partial charge on any atom is 0.328 e. The van der Waals surface area contributed by atoms with E-state index in [-0.39, 0.29) is 18.5 Å². The summed E-state index contributed by atoms with van der Waals surface area (Å²) in [5.74, 6) is -1.79. The number of carboxylic acid groups (broad SMARTS) is 1. The van der Waals surface area contributed by atoms with E-state index in [4.69, 9.17) is 16.7 Å². The Kier molecular flexibility index (Phi) is 11.7. The first-order valence-electron chi connectivity index (χ1n) is 9.72. The number of halogens is 3. The number of rotatable bonds is 12. The average Bonchev–Trinajstić information content (AvgIpc) is 2.74. The van der Waals surface area contributed by atoms with E-state index in [1.54, 1.807) is 31.2 Å². The number of hydrazone groups is 1. The van der Waals surface area contributed by atoms with Gasteiger partial charge in [-0.15, -0.1) is 0 Å². The molecule has 0 unspecified atom stereocenters. The molecule has 0 heterocycles. The van der Waals surface area contributed by atoms with Crippen molar-refractivity contribution in [3.05, 3.63) is 82.6 Å². The van der Waals surface area contributed by atoms with Crippen molar-refractivity contribution in [3.63, 3.8) is 0 Å². The lowest BCUT2D eigenvalue weighted by atomic mass is 10.1. The zero-order valence-electron chi connectivity index (χ0n) is 17.9. The van der Waals surface area contributed by atoms with Crippen molar-refractivity contribution in [2.75, 3.05) is 13.6 Å². The van der Waals surface area contributed by atoms with Crippen molar-refractivity contribution in [3.8, 4) is 0 Å². The minimum absolute atomic E-state index is 0.00411. The van der Waals surface area contributed by atoms with Crippen LogP contribution in [-0.2, 0) is 16.0 Å². The third-order valence-electron chi connectivity index (χ3n) is 4.25. The molecule has 0 spiro atoms. The fraction of sp³-hybridized carbons (Fsp3) is 0.261. The van der Waals surface area contributed by atoms with E-state index < -0.39 is 24.0 Å². The number of carbonyl (C=O) groups is 2. The molecule has 32 heavy (non-hydrogen) atoms. The van der Waals surface area contributed by atoms with Gasteiger partial charge in [0.05, 0.1) is 0 Å². The quantitative estimate of drug-likeness (QED) is 0.204. The van der Waals surface area contributed by atoms with Crippen LogP contribution in [0.1, 0.15) is 18.9 Å². The smallest absolute Gasteiger partial charge is 0.328 e. The molecule has 2 N–H and O–H groups in total. The van der Waals surface area contributed by atoms with Gasteiger partial charge < -0.3 is 10.4 Å². The summed E-state index contributed by atoms with van der Waals surface area (Å²) >= 11 is 5.84. The summed E-state index contributed by atoms with van der Waals surface area (Å²) in [6.07, 6.45) is 4.13. The van der Waals surface area contributed by atoms with Gasteiger partial charge in [0.25, 0.3) is 6.43 Å². The Hall–Kier alpha value is -3.26. The first-order chi connectivity index (χ1) is 15.2. The lowest BCUT2D eigenvalue weighted by Gasteiger charge is -2.20. The van der Waals surface area contributed by atoms with E-state index in [2.05, 4.69) is 17.0 Å². The van der Waals surface area contributed by atoms with Crippen molar-refractivity contribution in [2.45, 2.75) is 26.2 Å². The van der Waals surface area contributed by atoms with Crippen LogP contribution in [0.15, 0.2) is 77.1 Å². The number of carboxylic acids is 1. The highest BCUT2D eigenvalue weighted by Crippen LogP contribution is 2.21. The van der Waals surface area contributed by atoms with Crippen LogP contribution in [0.5, 0.6) is 0 Å². The van der Waals surface area contributed by atoms with Gasteiger partial charge >= 0.3 is 5.97 Å². The summed E-state index contributed by atoms with van der Waals surface area (Å²) in [6, 6.07) is 7.06. The Labute approximate surface area is 191 Å². The van der Waals surface area contributed by atoms with Gasteiger partial charge in [-0.2, -0.15) is 5.10 Å². The minimum Gasteiger partial charge on any atom is -0.478 e. The Morgan fingerprint density at radius 1 is 1.31 bits per heavy atom. The first kappa shape index (κ1) is 26.8. The lowest BCUT2D eigenvalue weighted by molar-refractivity contribution is -0.131. The zero-order chi connectivity index (χ0) is 24.1. The summed E-state index contributed by atoms with van der Waals surface area (Å²) in [7, 11) is 1.36. The molecule has 0 saturated carbocycles. The molecule has 0 aliphatic heterocycles. The van der Waals surface area contributed by atoms with Gasteiger partial charge in [0.1, 0.15) is 5.70 Å². The van der Waals surface area contributed by atoms with Gasteiger partial charge in [0.15, 0.2) is 0 Å². The molecule has 6 nitrogen and oxygen atoms in total. The SMILES string of the molecule is C=C/C(=C\C=C\C(=O)O)CNC(=O)/C(CC)=C(\C(F)F)N(C)/N=C/Cc1ccc(Cl)cc1. The second-order valence-electron chi connectivity index (χ2n) is 6.50. The Morgan fingerprint density at radius 3 is 2.50 bits per heavy atom. The molecule has 0 bridgehead atoms. The molecule has 0 saturated heterocycles. The first-order valence-corrected chi connectivity index (χ1v) is 10.1. The number of hydrogen-bond donors (Lipinski definition) is 2. The number of carbonyl (C=O) groups excluding carboxylic acids is 1. The summed E-state index contributed by atoms with van der Waals surface area (Å²) in [5, 5.41) is 16.8. The number of nitrogens with one attached hydrogen (secondary N) is 1. The van der Waals surface area contributed by atoms with E-state index in [1.807, 2.05) is 0 Å². The number of allylic oxidation sites excluding steroid dienone is 3. The van der Waals surface area contributed by atoms with E-state index in [0.717, 1.165) is 16.6 Å². The monoisotopic (exact) mass is 465 g/mol. The molecule has 1 amide bonds. The Bertz CT molecular complexity index is 923. The van der Waals surface area contributed by atoms with Crippen LogP contribution in [0, 0.1) is 0 Å². The van der Waals surface area contributed by atoms with Crippen LogP contribution in [0.3, 0.4) is 0 Å². The van der Waals surface area contributed by atoms with E-state index in [0.29, 0.717) is 17.0 Å². The second kappa shape index (κ2) is 13.9. The van der Waals surface area contributed by atoms with Crippen molar-refractivity contribution in [1.82, 2.24) is 10.3 Å². The van der Waals surface area contributed by atoms with Gasteiger partial charge in [0, 0.05) is 42.9 Å². The number of amides is 1. The molecule has 1 aromatic rings. The zero-order valence-corrected chi connectivity index (χ0v) is 18.6.